The van der Waals surface area contributed by atoms with Gasteiger partial charge in [-0.25, -0.2) is 0 Å². The first-order chi connectivity index (χ1) is 15.9. The van der Waals surface area contributed by atoms with Crippen LogP contribution in [0.2, 0.25) is 0 Å². The molecule has 7 heteroatoms. The van der Waals surface area contributed by atoms with Gasteiger partial charge in [0.15, 0.2) is 0 Å². The third-order valence-electron chi connectivity index (χ3n) is 6.22. The first-order valence-electron chi connectivity index (χ1n) is 11.5. The number of nitrogens with zero attached hydrogens (tertiary/aromatic N) is 1. The second-order valence-electron chi connectivity index (χ2n) is 8.50. The largest absolute Gasteiger partial charge is 0.497 e. The van der Waals surface area contributed by atoms with E-state index >= 15 is 0 Å². The van der Waals surface area contributed by atoms with E-state index in [1.54, 1.807) is 31.4 Å². The van der Waals surface area contributed by atoms with E-state index in [1.807, 2.05) is 49.1 Å². The number of carbonyl (C=O) groups excluding carboxylic acids is 3. The summed E-state index contributed by atoms with van der Waals surface area (Å²) in [5.41, 5.74) is 1.10. The molecule has 0 bridgehead atoms. The summed E-state index contributed by atoms with van der Waals surface area (Å²) in [5.74, 6) is 0.00363. The Hall–Kier alpha value is -3.35. The number of hydrogen-bond donors (Lipinski definition) is 2. The first kappa shape index (κ1) is 24.3. The Labute approximate surface area is 195 Å². The van der Waals surface area contributed by atoms with Gasteiger partial charge in [-0.1, -0.05) is 31.2 Å². The van der Waals surface area contributed by atoms with Crippen LogP contribution in [-0.2, 0) is 4.79 Å². The van der Waals surface area contributed by atoms with Gasteiger partial charge in [-0.05, 0) is 62.4 Å². The Morgan fingerprint density at radius 3 is 2.30 bits per heavy atom. The second kappa shape index (κ2) is 11.5. The van der Waals surface area contributed by atoms with Crippen molar-refractivity contribution in [3.63, 3.8) is 0 Å². The van der Waals surface area contributed by atoms with Crippen LogP contribution in [-0.4, -0.2) is 54.9 Å². The lowest BCUT2D eigenvalue weighted by atomic mass is 9.88. The van der Waals surface area contributed by atoms with Crippen molar-refractivity contribution >= 4 is 17.7 Å². The molecule has 3 amide bonds. The van der Waals surface area contributed by atoms with E-state index in [2.05, 4.69) is 10.6 Å². The van der Waals surface area contributed by atoms with Gasteiger partial charge >= 0.3 is 0 Å². The van der Waals surface area contributed by atoms with Gasteiger partial charge in [0.1, 0.15) is 11.8 Å². The third-order valence-corrected chi connectivity index (χ3v) is 6.22. The summed E-state index contributed by atoms with van der Waals surface area (Å²) in [5, 5.41) is 5.96. The molecule has 3 rings (SSSR count). The molecule has 33 heavy (non-hydrogen) atoms. The molecule has 2 N–H and O–H groups in total. The van der Waals surface area contributed by atoms with Gasteiger partial charge in [-0.2, -0.15) is 0 Å². The third kappa shape index (κ3) is 6.34. The van der Waals surface area contributed by atoms with E-state index in [9.17, 15) is 14.4 Å². The molecular weight excluding hydrogens is 418 g/mol. The van der Waals surface area contributed by atoms with Crippen molar-refractivity contribution < 1.29 is 19.1 Å². The molecule has 1 saturated heterocycles. The van der Waals surface area contributed by atoms with Gasteiger partial charge < -0.3 is 20.3 Å². The summed E-state index contributed by atoms with van der Waals surface area (Å²) in [6, 6.07) is 15.4. The molecule has 0 spiro atoms. The molecule has 0 saturated carbocycles. The van der Waals surface area contributed by atoms with Crippen LogP contribution in [0.15, 0.2) is 54.6 Å². The maximum atomic E-state index is 13.1. The molecule has 0 aromatic heterocycles. The number of nitrogens with one attached hydrogen (secondary N) is 2. The van der Waals surface area contributed by atoms with Crippen molar-refractivity contribution in [3.05, 3.63) is 65.7 Å². The minimum absolute atomic E-state index is 0.00456. The lowest BCUT2D eigenvalue weighted by Gasteiger charge is -2.36. The van der Waals surface area contributed by atoms with Crippen molar-refractivity contribution in [2.45, 2.75) is 45.2 Å². The number of methoxy groups -OCH3 is 1. The Balaban J connectivity index is 1.71. The monoisotopic (exact) mass is 451 g/mol. The number of likely N-dealkylation sites (tertiary alicyclic amines) is 1. The molecule has 2 unspecified atom stereocenters. The summed E-state index contributed by atoms with van der Waals surface area (Å²) >= 11 is 0. The van der Waals surface area contributed by atoms with Crippen molar-refractivity contribution in [1.29, 1.82) is 0 Å². The Kier molecular flexibility index (Phi) is 8.46. The van der Waals surface area contributed by atoms with Crippen LogP contribution in [0, 0.1) is 5.92 Å². The van der Waals surface area contributed by atoms with Gasteiger partial charge in [0.05, 0.1) is 7.11 Å². The van der Waals surface area contributed by atoms with Crippen LogP contribution in [0.3, 0.4) is 0 Å². The molecule has 0 radical (unpaired) electrons. The highest BCUT2D eigenvalue weighted by molar-refractivity contribution is 5.98. The quantitative estimate of drug-likeness (QED) is 0.645. The zero-order chi connectivity index (χ0) is 23.8. The van der Waals surface area contributed by atoms with Crippen LogP contribution in [0.25, 0.3) is 0 Å². The van der Waals surface area contributed by atoms with Crippen LogP contribution in [0.5, 0.6) is 5.75 Å². The maximum absolute atomic E-state index is 13.1. The molecule has 2 aromatic rings. The molecular formula is C26H33N3O4. The van der Waals surface area contributed by atoms with E-state index in [0.29, 0.717) is 42.8 Å². The molecule has 1 fully saturated rings. The van der Waals surface area contributed by atoms with E-state index < -0.39 is 6.04 Å². The van der Waals surface area contributed by atoms with Crippen LogP contribution >= 0.6 is 0 Å². The lowest BCUT2D eigenvalue weighted by Crippen LogP contribution is -2.55. The number of carbonyl (C=O) groups is 3. The van der Waals surface area contributed by atoms with Crippen LogP contribution in [0.4, 0.5) is 0 Å². The number of benzene rings is 2. The SMILES string of the molecule is CCC(C)NC(=O)C(NC(=O)c1cccc(OC)c1)C1CCN(C(=O)c2ccccc2)CC1. The summed E-state index contributed by atoms with van der Waals surface area (Å²) in [6.07, 6.45) is 2.07. The number of amides is 3. The topological polar surface area (TPSA) is 87.7 Å². The van der Waals surface area contributed by atoms with Crippen molar-refractivity contribution in [3.8, 4) is 5.75 Å². The standard InChI is InChI=1S/C26H33N3O4/c1-4-18(2)27-25(31)23(28-24(30)21-11-8-12-22(17-21)33-3)19-13-15-29(16-14-19)26(32)20-9-6-5-7-10-20/h5-12,17-19,23H,4,13-16H2,1-3H3,(H,27,31)(H,28,30). The molecule has 0 aliphatic carbocycles. The van der Waals surface area contributed by atoms with Crippen molar-refractivity contribution in [2.24, 2.45) is 5.92 Å². The molecule has 2 atom stereocenters. The fraction of sp³-hybridized carbons (Fsp3) is 0.423. The van der Waals surface area contributed by atoms with E-state index in [4.69, 9.17) is 4.74 Å². The zero-order valence-electron chi connectivity index (χ0n) is 19.5. The fourth-order valence-corrected chi connectivity index (χ4v) is 4.02. The Morgan fingerprint density at radius 2 is 1.67 bits per heavy atom. The highest BCUT2D eigenvalue weighted by Crippen LogP contribution is 2.23. The van der Waals surface area contributed by atoms with Gasteiger partial charge in [-0.3, -0.25) is 14.4 Å². The summed E-state index contributed by atoms with van der Waals surface area (Å²) in [7, 11) is 1.55. The predicted octanol–water partition coefficient (Wildman–Crippen LogP) is 3.26. The number of piperidine rings is 1. The van der Waals surface area contributed by atoms with E-state index in [-0.39, 0.29) is 29.7 Å². The summed E-state index contributed by atoms with van der Waals surface area (Å²) < 4.78 is 5.21. The molecule has 1 aliphatic heterocycles. The smallest absolute Gasteiger partial charge is 0.253 e. The summed E-state index contributed by atoms with van der Waals surface area (Å²) in [6.45, 7) is 5.03. The van der Waals surface area contributed by atoms with Gasteiger partial charge in [-0.15, -0.1) is 0 Å². The number of rotatable bonds is 8. The van der Waals surface area contributed by atoms with E-state index in [0.717, 1.165) is 6.42 Å². The van der Waals surface area contributed by atoms with Crippen LogP contribution in [0.1, 0.15) is 53.8 Å². The fourth-order valence-electron chi connectivity index (χ4n) is 4.02. The first-order valence-corrected chi connectivity index (χ1v) is 11.5. The average molecular weight is 452 g/mol. The molecule has 1 heterocycles. The molecule has 176 valence electrons. The summed E-state index contributed by atoms with van der Waals surface area (Å²) in [4.78, 5) is 40.7. The molecule has 1 aliphatic rings. The highest BCUT2D eigenvalue weighted by atomic mass is 16.5. The van der Waals surface area contributed by atoms with E-state index in [1.165, 1.54) is 0 Å². The molecule has 7 nitrogen and oxygen atoms in total. The number of hydrogen-bond acceptors (Lipinski definition) is 4. The van der Waals surface area contributed by atoms with Gasteiger partial charge in [0.25, 0.3) is 11.8 Å². The highest BCUT2D eigenvalue weighted by Gasteiger charge is 2.34. The minimum atomic E-state index is -0.674. The lowest BCUT2D eigenvalue weighted by molar-refractivity contribution is -0.125. The van der Waals surface area contributed by atoms with Crippen molar-refractivity contribution in [2.75, 3.05) is 20.2 Å². The second-order valence-corrected chi connectivity index (χ2v) is 8.50. The Bertz CT molecular complexity index is 955. The maximum Gasteiger partial charge on any atom is 0.253 e. The number of ether oxygens (including phenoxy) is 1. The minimum Gasteiger partial charge on any atom is -0.497 e. The zero-order valence-corrected chi connectivity index (χ0v) is 19.5. The normalized spacial score (nSPS) is 15.9. The molecule has 2 aromatic carbocycles. The van der Waals surface area contributed by atoms with Crippen LogP contribution < -0.4 is 15.4 Å². The Morgan fingerprint density at radius 1 is 1.00 bits per heavy atom. The van der Waals surface area contributed by atoms with Crippen molar-refractivity contribution in [1.82, 2.24) is 15.5 Å². The predicted molar refractivity (Wildman–Crippen MR) is 127 cm³/mol. The van der Waals surface area contributed by atoms with Gasteiger partial charge in [0.2, 0.25) is 5.91 Å². The average Bonchev–Trinajstić information content (AvgIpc) is 2.87. The van der Waals surface area contributed by atoms with Gasteiger partial charge in [0, 0.05) is 30.3 Å².